The molecule has 4 heterocycles. The van der Waals surface area contributed by atoms with Gasteiger partial charge in [-0.15, -0.1) is 0 Å². The van der Waals surface area contributed by atoms with E-state index in [1.165, 1.54) is 0 Å². The lowest BCUT2D eigenvalue weighted by atomic mass is 10.2. The Balaban J connectivity index is 1.32. The minimum Gasteiger partial charge on any atom is -0.311 e. The zero-order chi connectivity index (χ0) is 20.2. The molecule has 0 saturated carbocycles. The van der Waals surface area contributed by atoms with Crippen molar-refractivity contribution in [2.45, 2.75) is 32.7 Å². The van der Waals surface area contributed by atoms with Crippen LogP contribution in [0.25, 0.3) is 11.3 Å². The molecule has 0 atom stereocenters. The first-order valence-corrected chi connectivity index (χ1v) is 9.47. The van der Waals surface area contributed by atoms with Gasteiger partial charge in [-0.1, -0.05) is 0 Å². The van der Waals surface area contributed by atoms with Crippen molar-refractivity contribution >= 4 is 23.5 Å². The molecule has 4 rings (SSSR count). The van der Waals surface area contributed by atoms with Gasteiger partial charge in [0.2, 0.25) is 11.8 Å². The number of amides is 2. The third kappa shape index (κ3) is 4.29. The van der Waals surface area contributed by atoms with Crippen LogP contribution in [0.3, 0.4) is 0 Å². The molecule has 3 aromatic rings. The summed E-state index contributed by atoms with van der Waals surface area (Å²) in [5, 5.41) is 7.12. The van der Waals surface area contributed by atoms with Crippen molar-refractivity contribution in [3.8, 4) is 11.3 Å². The van der Waals surface area contributed by atoms with E-state index in [4.69, 9.17) is 0 Å². The fourth-order valence-electron chi connectivity index (χ4n) is 3.29. The number of rotatable bonds is 5. The third-order valence-electron chi connectivity index (χ3n) is 4.67. The van der Waals surface area contributed by atoms with Crippen molar-refractivity contribution in [1.29, 1.82) is 0 Å². The Labute approximate surface area is 167 Å². The zero-order valence-electron chi connectivity index (χ0n) is 16.1. The smallest absolute Gasteiger partial charge is 0.228 e. The predicted molar refractivity (Wildman–Crippen MR) is 107 cm³/mol. The van der Waals surface area contributed by atoms with Gasteiger partial charge in [0.15, 0.2) is 0 Å². The van der Waals surface area contributed by atoms with Gasteiger partial charge in [0.05, 0.1) is 17.6 Å². The molecule has 1 aliphatic heterocycles. The summed E-state index contributed by atoms with van der Waals surface area (Å²) in [5.41, 5.74) is 2.40. The van der Waals surface area contributed by atoms with Crippen LogP contribution in [0.15, 0.2) is 43.0 Å². The van der Waals surface area contributed by atoms with E-state index < -0.39 is 0 Å². The fraction of sp³-hybridized carbons (Fsp3) is 0.300. The Bertz CT molecular complexity index is 1020. The molecule has 1 aliphatic rings. The topological polar surface area (TPSA) is 106 Å². The van der Waals surface area contributed by atoms with Crippen LogP contribution in [-0.4, -0.2) is 43.1 Å². The van der Waals surface area contributed by atoms with Crippen LogP contribution in [0, 0.1) is 6.92 Å². The van der Waals surface area contributed by atoms with Gasteiger partial charge in [0, 0.05) is 56.2 Å². The first kappa shape index (κ1) is 18.7. The number of nitrogens with one attached hydrogen (secondary N) is 1. The number of hydrogen-bond acceptors (Lipinski definition) is 6. The largest absolute Gasteiger partial charge is 0.311 e. The summed E-state index contributed by atoms with van der Waals surface area (Å²) in [5.74, 6) is 0.911. The summed E-state index contributed by atoms with van der Waals surface area (Å²) in [7, 11) is 0. The van der Waals surface area contributed by atoms with Crippen molar-refractivity contribution in [2.75, 3.05) is 16.8 Å². The Morgan fingerprint density at radius 1 is 1.10 bits per heavy atom. The van der Waals surface area contributed by atoms with Crippen molar-refractivity contribution in [3.05, 3.63) is 48.7 Å². The number of aromatic nitrogens is 5. The highest BCUT2D eigenvalue weighted by Crippen LogP contribution is 2.22. The van der Waals surface area contributed by atoms with Gasteiger partial charge in [-0.25, -0.2) is 9.67 Å². The Morgan fingerprint density at radius 2 is 2.00 bits per heavy atom. The maximum absolute atomic E-state index is 12.6. The quantitative estimate of drug-likeness (QED) is 0.715. The van der Waals surface area contributed by atoms with E-state index in [1.807, 2.05) is 23.7 Å². The highest BCUT2D eigenvalue weighted by molar-refractivity contribution is 5.97. The molecular formula is C20H21N7O2. The second-order valence-corrected chi connectivity index (χ2v) is 6.84. The highest BCUT2D eigenvalue weighted by atomic mass is 16.2. The molecule has 0 aromatic carbocycles. The van der Waals surface area contributed by atoms with Crippen LogP contribution in [0.2, 0.25) is 0 Å². The Hall–Kier alpha value is -3.62. The second kappa shape index (κ2) is 8.17. The van der Waals surface area contributed by atoms with Crippen molar-refractivity contribution in [2.24, 2.45) is 0 Å². The van der Waals surface area contributed by atoms with Crippen LogP contribution in [0.1, 0.15) is 25.0 Å². The molecule has 2 amide bonds. The SMILES string of the molecule is Cc1cc2n(n1)CCCN2C(=O)CCC(=O)Nc1ccc(-c2cnccn2)cn1. The molecule has 0 radical (unpaired) electrons. The van der Waals surface area contributed by atoms with E-state index >= 15 is 0 Å². The molecule has 0 aliphatic carbocycles. The average Bonchev–Trinajstić information content (AvgIpc) is 3.13. The van der Waals surface area contributed by atoms with Gasteiger partial charge >= 0.3 is 0 Å². The molecule has 148 valence electrons. The molecular weight excluding hydrogens is 370 g/mol. The molecule has 29 heavy (non-hydrogen) atoms. The van der Waals surface area contributed by atoms with Crippen LogP contribution in [-0.2, 0) is 16.1 Å². The maximum atomic E-state index is 12.6. The first-order chi connectivity index (χ1) is 14.1. The van der Waals surface area contributed by atoms with Crippen LogP contribution >= 0.6 is 0 Å². The first-order valence-electron chi connectivity index (χ1n) is 9.47. The third-order valence-corrected chi connectivity index (χ3v) is 4.67. The number of carbonyl (C=O) groups excluding carboxylic acids is 2. The molecule has 0 saturated heterocycles. The van der Waals surface area contributed by atoms with E-state index in [9.17, 15) is 9.59 Å². The second-order valence-electron chi connectivity index (χ2n) is 6.84. The summed E-state index contributed by atoms with van der Waals surface area (Å²) < 4.78 is 1.85. The summed E-state index contributed by atoms with van der Waals surface area (Å²) in [6.07, 6.45) is 7.57. The molecule has 0 spiro atoms. The average molecular weight is 391 g/mol. The zero-order valence-corrected chi connectivity index (χ0v) is 16.1. The number of fused-ring (bicyclic) bond motifs is 1. The summed E-state index contributed by atoms with van der Waals surface area (Å²) >= 11 is 0. The monoisotopic (exact) mass is 391 g/mol. The highest BCUT2D eigenvalue weighted by Gasteiger charge is 2.24. The van der Waals surface area contributed by atoms with E-state index in [0.717, 1.165) is 30.0 Å². The number of hydrogen-bond donors (Lipinski definition) is 1. The lowest BCUT2D eigenvalue weighted by molar-refractivity contribution is -0.122. The van der Waals surface area contributed by atoms with Gasteiger partial charge in [0.1, 0.15) is 11.6 Å². The number of pyridine rings is 1. The van der Waals surface area contributed by atoms with Crippen LogP contribution in [0.4, 0.5) is 11.6 Å². The van der Waals surface area contributed by atoms with Gasteiger partial charge in [-0.2, -0.15) is 5.10 Å². The standard InChI is InChI=1S/C20H21N7O2/c1-14-11-19-26(9-2-10-27(19)25-14)20(29)6-5-18(28)24-17-4-3-15(12-23-17)16-13-21-7-8-22-16/h3-4,7-8,11-13H,2,5-6,9-10H2,1H3,(H,23,24,28). The van der Waals surface area contributed by atoms with Gasteiger partial charge in [-0.05, 0) is 25.5 Å². The van der Waals surface area contributed by atoms with E-state index in [-0.39, 0.29) is 24.7 Å². The molecule has 3 aromatic heterocycles. The molecule has 9 nitrogen and oxygen atoms in total. The Morgan fingerprint density at radius 3 is 2.76 bits per heavy atom. The minimum absolute atomic E-state index is 0.0769. The predicted octanol–water partition coefficient (Wildman–Crippen LogP) is 2.20. The lowest BCUT2D eigenvalue weighted by Gasteiger charge is -2.27. The molecule has 9 heteroatoms. The van der Waals surface area contributed by atoms with Crippen molar-refractivity contribution in [1.82, 2.24) is 24.7 Å². The van der Waals surface area contributed by atoms with Gasteiger partial charge in [0.25, 0.3) is 0 Å². The molecule has 0 bridgehead atoms. The minimum atomic E-state index is -0.250. The van der Waals surface area contributed by atoms with E-state index in [1.54, 1.807) is 35.8 Å². The summed E-state index contributed by atoms with van der Waals surface area (Å²) in [6.45, 7) is 3.37. The van der Waals surface area contributed by atoms with Gasteiger partial charge in [-0.3, -0.25) is 24.5 Å². The molecule has 0 fully saturated rings. The summed E-state index contributed by atoms with van der Waals surface area (Å²) in [4.78, 5) is 39.0. The van der Waals surface area contributed by atoms with Gasteiger partial charge < -0.3 is 5.32 Å². The Kier molecular flexibility index (Phi) is 5.28. The number of anilines is 2. The van der Waals surface area contributed by atoms with Crippen molar-refractivity contribution < 1.29 is 9.59 Å². The van der Waals surface area contributed by atoms with Crippen LogP contribution < -0.4 is 10.2 Å². The fourth-order valence-corrected chi connectivity index (χ4v) is 3.29. The van der Waals surface area contributed by atoms with E-state index in [0.29, 0.717) is 18.1 Å². The van der Waals surface area contributed by atoms with Crippen molar-refractivity contribution in [3.63, 3.8) is 0 Å². The molecule has 0 unspecified atom stereocenters. The van der Waals surface area contributed by atoms with Crippen LogP contribution in [0.5, 0.6) is 0 Å². The normalized spacial score (nSPS) is 13.1. The number of nitrogens with zero attached hydrogens (tertiary/aromatic N) is 6. The number of carbonyl (C=O) groups is 2. The summed E-state index contributed by atoms with van der Waals surface area (Å²) in [6, 6.07) is 5.42. The number of aryl methyl sites for hydroxylation is 2. The van der Waals surface area contributed by atoms with E-state index in [2.05, 4.69) is 25.4 Å². The maximum Gasteiger partial charge on any atom is 0.228 e. The molecule has 1 N–H and O–H groups in total. The lowest BCUT2D eigenvalue weighted by Crippen LogP contribution is -2.37.